The second-order valence-corrected chi connectivity index (χ2v) is 9.01. The van der Waals surface area contributed by atoms with Crippen LogP contribution in [0.4, 0.5) is 0 Å². The van der Waals surface area contributed by atoms with E-state index in [1.54, 1.807) is 12.1 Å². The first-order valence-corrected chi connectivity index (χ1v) is 10.5. The van der Waals surface area contributed by atoms with Gasteiger partial charge in [0.1, 0.15) is 0 Å². The zero-order valence-corrected chi connectivity index (χ0v) is 16.1. The summed E-state index contributed by atoms with van der Waals surface area (Å²) in [5, 5.41) is 3.98. The normalized spacial score (nSPS) is 17.1. The first-order valence-electron chi connectivity index (χ1n) is 9.02. The highest BCUT2D eigenvalue weighted by atomic mass is 32.2. The van der Waals surface area contributed by atoms with Gasteiger partial charge in [0.15, 0.2) is 5.82 Å². The summed E-state index contributed by atoms with van der Waals surface area (Å²) in [6.07, 6.45) is 4.16. The number of benzene rings is 1. The molecule has 1 aliphatic carbocycles. The molecule has 1 aromatic heterocycles. The van der Waals surface area contributed by atoms with E-state index in [2.05, 4.69) is 28.7 Å². The number of aromatic nitrogens is 2. The van der Waals surface area contributed by atoms with Crippen molar-refractivity contribution < 1.29 is 12.9 Å². The Balaban J connectivity index is 1.58. The molecule has 2 aromatic rings. The van der Waals surface area contributed by atoms with E-state index in [1.165, 1.54) is 0 Å². The molecule has 0 radical (unpaired) electrons. The maximum Gasteiger partial charge on any atom is 0.240 e. The van der Waals surface area contributed by atoms with Crippen molar-refractivity contribution in [1.82, 2.24) is 14.9 Å². The Morgan fingerprint density at radius 1 is 1.23 bits per heavy atom. The summed E-state index contributed by atoms with van der Waals surface area (Å²) in [5.74, 6) is 1.28. The number of rotatable bonds is 7. The molecule has 0 spiro atoms. The molecular weight excluding hydrogens is 352 g/mol. The van der Waals surface area contributed by atoms with Gasteiger partial charge in [0.25, 0.3) is 0 Å². The van der Waals surface area contributed by atoms with Crippen LogP contribution in [0.2, 0.25) is 0 Å². The average Bonchev–Trinajstić information content (AvgIpc) is 3.25. The predicted octanol–water partition coefficient (Wildman–Crippen LogP) is 2.44. The van der Waals surface area contributed by atoms with Gasteiger partial charge in [0.2, 0.25) is 15.9 Å². The van der Waals surface area contributed by atoms with Gasteiger partial charge in [0, 0.05) is 13.0 Å². The molecule has 0 amide bonds. The van der Waals surface area contributed by atoms with E-state index in [9.17, 15) is 8.42 Å². The molecule has 7 nitrogen and oxygen atoms in total. The van der Waals surface area contributed by atoms with Crippen LogP contribution in [-0.4, -0.2) is 25.1 Å². The highest BCUT2D eigenvalue weighted by Crippen LogP contribution is 2.34. The molecule has 3 N–H and O–H groups in total. The monoisotopic (exact) mass is 378 g/mol. The average molecular weight is 378 g/mol. The quantitative estimate of drug-likeness (QED) is 0.765. The highest BCUT2D eigenvalue weighted by molar-refractivity contribution is 7.89. The highest BCUT2D eigenvalue weighted by Gasteiger charge is 2.35. The Morgan fingerprint density at radius 3 is 2.50 bits per heavy atom. The van der Waals surface area contributed by atoms with Crippen molar-refractivity contribution in [1.29, 1.82) is 0 Å². The van der Waals surface area contributed by atoms with E-state index in [0.29, 0.717) is 24.1 Å². The Bertz CT molecular complexity index is 838. The number of hydrogen-bond acceptors (Lipinski definition) is 6. The largest absolute Gasteiger partial charge is 0.339 e. The zero-order valence-electron chi connectivity index (χ0n) is 15.2. The van der Waals surface area contributed by atoms with Gasteiger partial charge in [-0.05, 0) is 36.5 Å². The van der Waals surface area contributed by atoms with Gasteiger partial charge in [-0.15, -0.1) is 0 Å². The van der Waals surface area contributed by atoms with E-state index in [-0.39, 0.29) is 11.4 Å². The number of nitrogens with one attached hydrogen (secondary N) is 1. The summed E-state index contributed by atoms with van der Waals surface area (Å²) in [5.41, 5.74) is 6.91. The Morgan fingerprint density at radius 2 is 1.88 bits per heavy atom. The van der Waals surface area contributed by atoms with Crippen molar-refractivity contribution in [2.24, 2.45) is 5.73 Å². The third-order valence-corrected chi connectivity index (χ3v) is 6.37. The lowest BCUT2D eigenvalue weighted by molar-refractivity contribution is 0.348. The minimum Gasteiger partial charge on any atom is -0.339 e. The van der Waals surface area contributed by atoms with Crippen LogP contribution in [0.25, 0.3) is 0 Å². The van der Waals surface area contributed by atoms with Crippen LogP contribution in [0.3, 0.4) is 0 Å². The zero-order chi connectivity index (χ0) is 18.8. The van der Waals surface area contributed by atoms with Crippen LogP contribution < -0.4 is 10.5 Å². The fraction of sp³-hybridized carbons (Fsp3) is 0.556. The summed E-state index contributed by atoms with van der Waals surface area (Å²) < 4.78 is 32.5. The van der Waals surface area contributed by atoms with Crippen molar-refractivity contribution in [2.75, 3.05) is 6.54 Å². The lowest BCUT2D eigenvalue weighted by Crippen LogP contribution is -2.34. The molecule has 1 saturated carbocycles. The van der Waals surface area contributed by atoms with E-state index in [4.69, 9.17) is 10.3 Å². The van der Waals surface area contributed by atoms with Gasteiger partial charge >= 0.3 is 0 Å². The third-order valence-electron chi connectivity index (χ3n) is 4.90. The molecule has 26 heavy (non-hydrogen) atoms. The maximum absolute atomic E-state index is 12.4. The number of sulfonamides is 1. The molecule has 0 saturated heterocycles. The van der Waals surface area contributed by atoms with Gasteiger partial charge in [-0.3, -0.25) is 0 Å². The van der Waals surface area contributed by atoms with E-state index in [1.807, 2.05) is 12.1 Å². The molecule has 0 atom stereocenters. The molecule has 142 valence electrons. The fourth-order valence-corrected chi connectivity index (χ4v) is 4.23. The van der Waals surface area contributed by atoms with Crippen LogP contribution in [0.15, 0.2) is 33.7 Å². The molecule has 1 fully saturated rings. The second-order valence-electron chi connectivity index (χ2n) is 7.25. The van der Waals surface area contributed by atoms with E-state index < -0.39 is 15.6 Å². The number of nitrogens with two attached hydrogens (primary N) is 1. The topological polar surface area (TPSA) is 111 Å². The lowest BCUT2D eigenvalue weighted by atomic mass is 9.99. The van der Waals surface area contributed by atoms with Crippen molar-refractivity contribution in [3.05, 3.63) is 41.5 Å². The standard InChI is InChI=1S/C18H26N4O3S/c1-13(2)14-5-7-15(8-6-14)26(23,24)20-12-9-16-21-17(22-25-16)18(19)10-3-4-11-18/h5-8,13,20H,3-4,9-12,19H2,1-2H3. The van der Waals surface area contributed by atoms with Crippen LogP contribution in [0, 0.1) is 0 Å². The predicted molar refractivity (Wildman–Crippen MR) is 98.1 cm³/mol. The van der Waals surface area contributed by atoms with Gasteiger partial charge in [-0.2, -0.15) is 4.98 Å². The molecule has 0 unspecified atom stereocenters. The maximum atomic E-state index is 12.4. The minimum atomic E-state index is -3.56. The smallest absolute Gasteiger partial charge is 0.240 e. The minimum absolute atomic E-state index is 0.188. The molecule has 0 aliphatic heterocycles. The summed E-state index contributed by atoms with van der Waals surface area (Å²) in [6.45, 7) is 4.32. The molecule has 1 heterocycles. The second kappa shape index (κ2) is 7.46. The first kappa shape index (κ1) is 19.0. The van der Waals surface area contributed by atoms with Crippen LogP contribution in [0.1, 0.15) is 62.7 Å². The van der Waals surface area contributed by atoms with Crippen LogP contribution in [0.5, 0.6) is 0 Å². The Hall–Kier alpha value is -1.77. The van der Waals surface area contributed by atoms with Crippen LogP contribution >= 0.6 is 0 Å². The van der Waals surface area contributed by atoms with E-state index >= 15 is 0 Å². The van der Waals surface area contributed by atoms with Gasteiger partial charge in [-0.1, -0.05) is 44.0 Å². The Labute approximate surface area is 154 Å². The third kappa shape index (κ3) is 4.13. The van der Waals surface area contributed by atoms with E-state index in [0.717, 1.165) is 31.2 Å². The van der Waals surface area contributed by atoms with Gasteiger partial charge in [0.05, 0.1) is 10.4 Å². The summed E-state index contributed by atoms with van der Waals surface area (Å²) in [6, 6.07) is 6.93. The lowest BCUT2D eigenvalue weighted by Gasteiger charge is -2.17. The first-order chi connectivity index (χ1) is 12.3. The molecule has 1 aliphatic rings. The van der Waals surface area contributed by atoms with Crippen molar-refractivity contribution in [3.63, 3.8) is 0 Å². The summed E-state index contributed by atoms with van der Waals surface area (Å²) in [4.78, 5) is 4.60. The molecule has 0 bridgehead atoms. The van der Waals surface area contributed by atoms with Gasteiger partial charge < -0.3 is 10.3 Å². The summed E-state index contributed by atoms with van der Waals surface area (Å²) in [7, 11) is -3.56. The molecular formula is C18H26N4O3S. The van der Waals surface area contributed by atoms with Gasteiger partial charge in [-0.25, -0.2) is 13.1 Å². The Kier molecular flexibility index (Phi) is 5.45. The van der Waals surface area contributed by atoms with Crippen LogP contribution in [-0.2, 0) is 22.0 Å². The molecule has 3 rings (SSSR count). The SMILES string of the molecule is CC(C)c1ccc(S(=O)(=O)NCCc2nc(C3(N)CCCC3)no2)cc1. The van der Waals surface area contributed by atoms with Crippen molar-refractivity contribution in [2.45, 2.75) is 62.3 Å². The summed E-state index contributed by atoms with van der Waals surface area (Å²) >= 11 is 0. The fourth-order valence-electron chi connectivity index (χ4n) is 3.20. The van der Waals surface area contributed by atoms with Crippen molar-refractivity contribution >= 4 is 10.0 Å². The molecule has 1 aromatic carbocycles. The number of nitrogens with zero attached hydrogens (tertiary/aromatic N) is 2. The van der Waals surface area contributed by atoms with Crippen molar-refractivity contribution in [3.8, 4) is 0 Å². The number of hydrogen-bond donors (Lipinski definition) is 2. The molecule has 8 heteroatoms.